The third-order valence-corrected chi connectivity index (χ3v) is 1.93. The number of anilines is 1. The summed E-state index contributed by atoms with van der Waals surface area (Å²) in [5.74, 6) is 1.02. The highest BCUT2D eigenvalue weighted by Crippen LogP contribution is 2.15. The summed E-state index contributed by atoms with van der Waals surface area (Å²) in [6.45, 7) is 1.97. The second kappa shape index (κ2) is 3.10. The molecule has 5 nitrogen and oxygen atoms in total. The molecule has 2 aromatic heterocycles. The molecule has 2 aromatic rings. The lowest BCUT2D eigenvalue weighted by atomic mass is 10.2. The summed E-state index contributed by atoms with van der Waals surface area (Å²) in [5.41, 5.74) is 7.55. The zero-order chi connectivity index (χ0) is 10.1. The van der Waals surface area contributed by atoms with E-state index in [-0.39, 0.29) is 0 Å². The molecule has 0 amide bonds. The molecule has 0 saturated heterocycles. The fourth-order valence-corrected chi connectivity index (χ4v) is 1.20. The van der Waals surface area contributed by atoms with E-state index in [1.807, 2.05) is 13.0 Å². The highest BCUT2D eigenvalue weighted by atomic mass is 15.4. The van der Waals surface area contributed by atoms with Gasteiger partial charge < -0.3 is 5.73 Å². The predicted molar refractivity (Wildman–Crippen MR) is 53.4 cm³/mol. The van der Waals surface area contributed by atoms with Crippen LogP contribution in [0.2, 0.25) is 0 Å². The first-order chi connectivity index (χ1) is 6.66. The zero-order valence-corrected chi connectivity index (χ0v) is 8.10. The minimum Gasteiger partial charge on any atom is -0.368 e. The molecule has 0 aliphatic carbocycles. The molecule has 0 aliphatic heterocycles. The summed E-state index contributed by atoms with van der Waals surface area (Å²) in [7, 11) is 1.76. The second-order valence-electron chi connectivity index (χ2n) is 3.17. The van der Waals surface area contributed by atoms with E-state index in [1.165, 1.54) is 4.68 Å². The molecule has 0 bridgehead atoms. The van der Waals surface area contributed by atoms with Gasteiger partial charge in [-0.2, -0.15) is 4.98 Å². The molecule has 5 heteroatoms. The molecule has 14 heavy (non-hydrogen) atoms. The Morgan fingerprint density at radius 3 is 2.71 bits per heavy atom. The summed E-state index contributed by atoms with van der Waals surface area (Å²) >= 11 is 0. The predicted octanol–water partition coefficient (Wildman–Crippen LogP) is 0.768. The van der Waals surface area contributed by atoms with E-state index in [2.05, 4.69) is 15.1 Å². The third-order valence-electron chi connectivity index (χ3n) is 1.93. The van der Waals surface area contributed by atoms with Crippen LogP contribution in [0.5, 0.6) is 0 Å². The molecule has 0 fully saturated rings. The van der Waals surface area contributed by atoms with Gasteiger partial charge in [0, 0.05) is 25.0 Å². The van der Waals surface area contributed by atoms with Crippen LogP contribution >= 0.6 is 0 Å². The van der Waals surface area contributed by atoms with Crippen LogP contribution in [0.4, 0.5) is 5.95 Å². The number of nitrogens with zero attached hydrogens (tertiary/aromatic N) is 4. The van der Waals surface area contributed by atoms with E-state index in [0.29, 0.717) is 11.8 Å². The van der Waals surface area contributed by atoms with E-state index in [4.69, 9.17) is 5.73 Å². The molecule has 0 aliphatic rings. The van der Waals surface area contributed by atoms with Crippen molar-refractivity contribution in [1.29, 1.82) is 0 Å². The van der Waals surface area contributed by atoms with Crippen molar-refractivity contribution in [2.45, 2.75) is 6.92 Å². The van der Waals surface area contributed by atoms with Crippen molar-refractivity contribution in [2.75, 3.05) is 5.73 Å². The Balaban J connectivity index is 2.49. The van der Waals surface area contributed by atoms with E-state index < -0.39 is 0 Å². The lowest BCUT2D eigenvalue weighted by Gasteiger charge is -1.95. The van der Waals surface area contributed by atoms with E-state index >= 15 is 0 Å². The Hall–Kier alpha value is -1.91. The average Bonchev–Trinajstić information content (AvgIpc) is 2.47. The van der Waals surface area contributed by atoms with Crippen LogP contribution in [0.15, 0.2) is 18.5 Å². The van der Waals surface area contributed by atoms with Crippen molar-refractivity contribution in [1.82, 2.24) is 19.7 Å². The minimum absolute atomic E-state index is 0.404. The first-order valence-corrected chi connectivity index (χ1v) is 4.25. The van der Waals surface area contributed by atoms with Crippen LogP contribution < -0.4 is 5.73 Å². The fraction of sp³-hybridized carbons (Fsp3) is 0.222. The Bertz CT molecular complexity index is 440. The molecule has 0 aromatic carbocycles. The van der Waals surface area contributed by atoms with Crippen LogP contribution in [0.3, 0.4) is 0 Å². The number of nitrogen functional groups attached to an aromatic ring is 1. The minimum atomic E-state index is 0.404. The fourth-order valence-electron chi connectivity index (χ4n) is 1.20. The molecule has 72 valence electrons. The second-order valence-corrected chi connectivity index (χ2v) is 3.17. The molecule has 2 heterocycles. The number of nitrogens with two attached hydrogens (primary N) is 1. The molecule has 2 N–H and O–H groups in total. The van der Waals surface area contributed by atoms with Gasteiger partial charge in [0.15, 0.2) is 5.82 Å². The smallest absolute Gasteiger partial charge is 0.218 e. The van der Waals surface area contributed by atoms with E-state index in [0.717, 1.165) is 11.1 Å². The summed E-state index contributed by atoms with van der Waals surface area (Å²) < 4.78 is 1.54. The average molecular weight is 189 g/mol. The zero-order valence-electron chi connectivity index (χ0n) is 8.10. The highest BCUT2D eigenvalue weighted by molar-refractivity contribution is 5.55. The van der Waals surface area contributed by atoms with Gasteiger partial charge in [-0.05, 0) is 18.6 Å². The molecular weight excluding hydrogens is 178 g/mol. The number of hydrogen-bond acceptors (Lipinski definition) is 4. The van der Waals surface area contributed by atoms with E-state index in [1.54, 1.807) is 19.4 Å². The van der Waals surface area contributed by atoms with Gasteiger partial charge in [-0.3, -0.25) is 4.98 Å². The van der Waals surface area contributed by atoms with Gasteiger partial charge in [-0.1, -0.05) is 0 Å². The summed E-state index contributed by atoms with van der Waals surface area (Å²) in [5, 5.41) is 4.16. The van der Waals surface area contributed by atoms with Crippen molar-refractivity contribution >= 4 is 5.95 Å². The number of aromatic nitrogens is 4. The molecule has 2 rings (SSSR count). The number of aryl methyl sites for hydroxylation is 2. The van der Waals surface area contributed by atoms with Crippen LogP contribution in [0.1, 0.15) is 5.56 Å². The van der Waals surface area contributed by atoms with Gasteiger partial charge in [0.1, 0.15) is 0 Å². The Morgan fingerprint density at radius 2 is 2.14 bits per heavy atom. The van der Waals surface area contributed by atoms with Crippen molar-refractivity contribution in [2.24, 2.45) is 7.05 Å². The highest BCUT2D eigenvalue weighted by Gasteiger charge is 2.06. The van der Waals surface area contributed by atoms with E-state index in [9.17, 15) is 0 Å². The standard InChI is InChI=1S/C9H11N5/c1-6-3-7(5-11-4-6)8-12-9(10)14(2)13-8/h3-5H,1-2H3,(H2,10,12,13). The lowest BCUT2D eigenvalue weighted by Crippen LogP contribution is -1.97. The normalized spacial score (nSPS) is 10.4. The van der Waals surface area contributed by atoms with Crippen molar-refractivity contribution in [3.8, 4) is 11.4 Å². The topological polar surface area (TPSA) is 69.6 Å². The van der Waals surface area contributed by atoms with Gasteiger partial charge >= 0.3 is 0 Å². The van der Waals surface area contributed by atoms with Gasteiger partial charge in [-0.25, -0.2) is 4.68 Å². The van der Waals surface area contributed by atoms with Crippen molar-refractivity contribution < 1.29 is 0 Å². The molecule has 0 unspecified atom stereocenters. The molecule has 0 atom stereocenters. The van der Waals surface area contributed by atoms with Crippen LogP contribution in [-0.4, -0.2) is 19.7 Å². The maximum atomic E-state index is 5.58. The lowest BCUT2D eigenvalue weighted by molar-refractivity contribution is 0.780. The van der Waals surface area contributed by atoms with Gasteiger partial charge in [0.2, 0.25) is 5.95 Å². The summed E-state index contributed by atoms with van der Waals surface area (Å²) in [4.78, 5) is 8.18. The monoisotopic (exact) mass is 189 g/mol. The number of hydrogen-bond donors (Lipinski definition) is 1. The van der Waals surface area contributed by atoms with Crippen molar-refractivity contribution in [3.05, 3.63) is 24.0 Å². The number of rotatable bonds is 1. The third kappa shape index (κ3) is 1.44. The number of pyridine rings is 1. The Morgan fingerprint density at radius 1 is 1.36 bits per heavy atom. The summed E-state index contributed by atoms with van der Waals surface area (Å²) in [6.07, 6.45) is 3.51. The Labute approximate surface area is 81.6 Å². The SMILES string of the molecule is Cc1cncc(-c2nc(N)n(C)n2)c1. The maximum absolute atomic E-state index is 5.58. The first kappa shape index (κ1) is 8.68. The largest absolute Gasteiger partial charge is 0.368 e. The molecule has 0 spiro atoms. The molecule has 0 radical (unpaired) electrons. The van der Waals surface area contributed by atoms with Crippen LogP contribution in [0, 0.1) is 6.92 Å². The van der Waals surface area contributed by atoms with Crippen LogP contribution in [-0.2, 0) is 7.05 Å². The van der Waals surface area contributed by atoms with Gasteiger partial charge in [0.05, 0.1) is 0 Å². The quantitative estimate of drug-likeness (QED) is 0.719. The summed E-state index contributed by atoms with van der Waals surface area (Å²) in [6, 6.07) is 1.97. The van der Waals surface area contributed by atoms with Gasteiger partial charge in [0.25, 0.3) is 0 Å². The maximum Gasteiger partial charge on any atom is 0.218 e. The molecular formula is C9H11N5. The van der Waals surface area contributed by atoms with Crippen LogP contribution in [0.25, 0.3) is 11.4 Å². The first-order valence-electron chi connectivity index (χ1n) is 4.25. The molecule has 0 saturated carbocycles. The Kier molecular flexibility index (Phi) is 1.92. The van der Waals surface area contributed by atoms with Crippen molar-refractivity contribution in [3.63, 3.8) is 0 Å². The van der Waals surface area contributed by atoms with Gasteiger partial charge in [-0.15, -0.1) is 5.10 Å².